The molecule has 5 rings (SSSR count). The molecule has 1 amide bonds. The minimum absolute atomic E-state index is 0.0182. The first-order valence-corrected chi connectivity index (χ1v) is 10.6. The first-order chi connectivity index (χ1) is 14.1. The molecule has 1 aliphatic rings. The van der Waals surface area contributed by atoms with E-state index in [1.165, 1.54) is 15.9 Å². The molecule has 8 nitrogen and oxygen atoms in total. The average molecular weight is 411 g/mol. The van der Waals surface area contributed by atoms with E-state index >= 15 is 0 Å². The zero-order valence-corrected chi connectivity index (χ0v) is 17.2. The number of rotatable bonds is 4. The van der Waals surface area contributed by atoms with Gasteiger partial charge in [0.15, 0.2) is 11.4 Å². The fraction of sp³-hybridized carbons (Fsp3) is 0.400. The molecule has 0 bridgehead atoms. The first kappa shape index (κ1) is 18.1. The van der Waals surface area contributed by atoms with Gasteiger partial charge in [-0.15, -0.1) is 16.4 Å². The van der Waals surface area contributed by atoms with Crippen LogP contribution >= 0.6 is 11.3 Å². The Balaban J connectivity index is 1.76. The lowest BCUT2D eigenvalue weighted by molar-refractivity contribution is -0.130. The smallest absolute Gasteiger partial charge is 0.352 e. The third-order valence-corrected chi connectivity index (χ3v) is 6.70. The molecule has 29 heavy (non-hydrogen) atoms. The highest BCUT2D eigenvalue weighted by Crippen LogP contribution is 2.33. The van der Waals surface area contributed by atoms with E-state index in [1.807, 2.05) is 11.8 Å². The van der Waals surface area contributed by atoms with Crippen LogP contribution in [0, 0.1) is 6.92 Å². The van der Waals surface area contributed by atoms with Crippen LogP contribution in [-0.2, 0) is 17.8 Å². The van der Waals surface area contributed by atoms with Crippen molar-refractivity contribution in [2.45, 2.75) is 39.7 Å². The molecule has 0 saturated carbocycles. The Bertz CT molecular complexity index is 1280. The highest BCUT2D eigenvalue weighted by Gasteiger charge is 2.25. The van der Waals surface area contributed by atoms with Gasteiger partial charge in [0.1, 0.15) is 11.4 Å². The van der Waals surface area contributed by atoms with Crippen molar-refractivity contribution in [1.29, 1.82) is 0 Å². The van der Waals surface area contributed by atoms with Crippen LogP contribution in [-0.4, -0.2) is 43.1 Å². The Morgan fingerprint density at radius 2 is 2.10 bits per heavy atom. The number of aromatic nitrogens is 4. The lowest BCUT2D eigenvalue weighted by atomic mass is 10.1. The number of carbonyl (C=O) groups is 1. The number of aryl methyl sites for hydroxylation is 2. The van der Waals surface area contributed by atoms with Gasteiger partial charge in [0.25, 0.3) is 0 Å². The molecule has 0 aromatic carbocycles. The standard InChI is InChI=1S/C20H21N5O3S/c1-3-13-12(2)29-19-16(13)18-21-17(14-7-6-10-28-14)22-25(18)20(27)24(19)11-15(26)23-8-4-5-9-23/h6-7,10H,3-5,8-9,11H2,1-2H3. The zero-order valence-electron chi connectivity index (χ0n) is 16.3. The van der Waals surface area contributed by atoms with Gasteiger partial charge in [-0.25, -0.2) is 9.78 Å². The third kappa shape index (κ3) is 2.79. The van der Waals surface area contributed by atoms with E-state index in [0.29, 0.717) is 17.2 Å². The van der Waals surface area contributed by atoms with Crippen LogP contribution in [0.3, 0.4) is 0 Å². The van der Waals surface area contributed by atoms with Gasteiger partial charge >= 0.3 is 5.69 Å². The van der Waals surface area contributed by atoms with Gasteiger partial charge in [0.05, 0.1) is 11.6 Å². The summed E-state index contributed by atoms with van der Waals surface area (Å²) in [4.78, 5) is 34.5. The number of likely N-dealkylation sites (tertiary alicyclic amines) is 1. The quantitative estimate of drug-likeness (QED) is 0.515. The van der Waals surface area contributed by atoms with Gasteiger partial charge in [-0.2, -0.15) is 4.52 Å². The normalized spacial score (nSPS) is 14.5. The Morgan fingerprint density at radius 1 is 1.31 bits per heavy atom. The molecule has 0 radical (unpaired) electrons. The highest BCUT2D eigenvalue weighted by molar-refractivity contribution is 7.19. The van der Waals surface area contributed by atoms with Crippen molar-refractivity contribution in [2.75, 3.05) is 13.1 Å². The molecule has 150 valence electrons. The molecule has 4 aromatic heterocycles. The molecular weight excluding hydrogens is 390 g/mol. The fourth-order valence-electron chi connectivity index (χ4n) is 4.07. The summed E-state index contributed by atoms with van der Waals surface area (Å²) in [5.74, 6) is 0.842. The van der Waals surface area contributed by atoms with Gasteiger partial charge in [0, 0.05) is 18.0 Å². The number of thiophene rings is 1. The number of amides is 1. The predicted octanol–water partition coefficient (Wildman–Crippen LogP) is 2.86. The molecule has 4 aromatic rings. The Hall–Kier alpha value is -2.94. The molecular formula is C20H21N5O3S. The van der Waals surface area contributed by atoms with Gasteiger partial charge < -0.3 is 9.32 Å². The Kier molecular flexibility index (Phi) is 4.27. The second-order valence-corrected chi connectivity index (χ2v) is 8.48. The minimum Gasteiger partial charge on any atom is -0.461 e. The van der Waals surface area contributed by atoms with Gasteiger partial charge in [-0.3, -0.25) is 9.36 Å². The predicted molar refractivity (Wildman–Crippen MR) is 110 cm³/mol. The summed E-state index contributed by atoms with van der Waals surface area (Å²) in [6.45, 7) is 5.66. The van der Waals surface area contributed by atoms with E-state index in [0.717, 1.165) is 53.0 Å². The van der Waals surface area contributed by atoms with Crippen molar-refractivity contribution in [1.82, 2.24) is 24.1 Å². The molecule has 5 heterocycles. The van der Waals surface area contributed by atoms with Crippen LogP contribution in [0.1, 0.15) is 30.2 Å². The van der Waals surface area contributed by atoms with Crippen LogP contribution in [0.5, 0.6) is 0 Å². The monoisotopic (exact) mass is 411 g/mol. The summed E-state index contributed by atoms with van der Waals surface area (Å²) >= 11 is 1.54. The van der Waals surface area contributed by atoms with Crippen molar-refractivity contribution in [3.8, 4) is 11.6 Å². The SMILES string of the molecule is CCc1c(C)sc2c1c1nc(-c3ccco3)nn1c(=O)n2CC(=O)N1CCCC1. The molecule has 1 aliphatic heterocycles. The van der Waals surface area contributed by atoms with Gasteiger partial charge in [-0.1, -0.05) is 6.92 Å². The summed E-state index contributed by atoms with van der Waals surface area (Å²) in [5, 5.41) is 5.31. The first-order valence-electron chi connectivity index (χ1n) is 9.81. The van der Waals surface area contributed by atoms with Crippen molar-refractivity contribution in [2.24, 2.45) is 0 Å². The lowest BCUT2D eigenvalue weighted by Gasteiger charge is -2.16. The lowest BCUT2D eigenvalue weighted by Crippen LogP contribution is -2.36. The summed E-state index contributed by atoms with van der Waals surface area (Å²) < 4.78 is 8.28. The molecule has 0 spiro atoms. The van der Waals surface area contributed by atoms with E-state index < -0.39 is 0 Å². The molecule has 0 aliphatic carbocycles. The minimum atomic E-state index is -0.353. The molecule has 0 N–H and O–H groups in total. The largest absolute Gasteiger partial charge is 0.461 e. The van der Waals surface area contributed by atoms with E-state index in [1.54, 1.807) is 23.0 Å². The Morgan fingerprint density at radius 3 is 2.79 bits per heavy atom. The summed E-state index contributed by atoms with van der Waals surface area (Å²) in [6, 6.07) is 3.52. The maximum absolute atomic E-state index is 13.3. The number of hydrogen-bond acceptors (Lipinski definition) is 6. The summed E-state index contributed by atoms with van der Waals surface area (Å²) in [7, 11) is 0. The maximum Gasteiger partial charge on any atom is 0.352 e. The van der Waals surface area contributed by atoms with Crippen LogP contribution in [0.25, 0.3) is 27.4 Å². The van der Waals surface area contributed by atoms with E-state index in [-0.39, 0.29) is 18.1 Å². The van der Waals surface area contributed by atoms with Gasteiger partial charge in [0.2, 0.25) is 11.7 Å². The van der Waals surface area contributed by atoms with E-state index in [4.69, 9.17) is 4.42 Å². The van der Waals surface area contributed by atoms with Crippen LogP contribution in [0.15, 0.2) is 27.6 Å². The third-order valence-electron chi connectivity index (χ3n) is 5.53. The molecule has 1 saturated heterocycles. The highest BCUT2D eigenvalue weighted by atomic mass is 32.1. The Labute approximate surface area is 170 Å². The van der Waals surface area contributed by atoms with Crippen LogP contribution < -0.4 is 5.69 Å². The number of nitrogens with zero attached hydrogens (tertiary/aromatic N) is 5. The second-order valence-electron chi connectivity index (χ2n) is 7.28. The summed E-state index contributed by atoms with van der Waals surface area (Å²) in [6.07, 6.45) is 4.39. The number of fused-ring (bicyclic) bond motifs is 3. The van der Waals surface area contributed by atoms with Crippen molar-refractivity contribution < 1.29 is 9.21 Å². The molecule has 1 fully saturated rings. The van der Waals surface area contributed by atoms with Crippen molar-refractivity contribution >= 4 is 33.1 Å². The van der Waals surface area contributed by atoms with Crippen LogP contribution in [0.2, 0.25) is 0 Å². The second kappa shape index (κ2) is 6.84. The van der Waals surface area contributed by atoms with Crippen molar-refractivity contribution in [3.05, 3.63) is 39.3 Å². The number of hydrogen-bond donors (Lipinski definition) is 0. The molecule has 9 heteroatoms. The van der Waals surface area contributed by atoms with E-state index in [9.17, 15) is 9.59 Å². The fourth-order valence-corrected chi connectivity index (χ4v) is 5.30. The van der Waals surface area contributed by atoms with Gasteiger partial charge in [-0.05, 0) is 43.9 Å². The molecule has 0 unspecified atom stereocenters. The van der Waals surface area contributed by atoms with Crippen molar-refractivity contribution in [3.63, 3.8) is 0 Å². The number of furan rings is 1. The average Bonchev–Trinajstić information content (AvgIpc) is 3.49. The number of carbonyl (C=O) groups excluding carboxylic acids is 1. The zero-order chi connectivity index (χ0) is 20.1. The topological polar surface area (TPSA) is 85.6 Å². The summed E-state index contributed by atoms with van der Waals surface area (Å²) in [5.41, 5.74) is 1.30. The molecule has 0 atom stereocenters. The van der Waals surface area contributed by atoms with E-state index in [2.05, 4.69) is 17.0 Å². The van der Waals surface area contributed by atoms with Crippen LogP contribution in [0.4, 0.5) is 0 Å². The maximum atomic E-state index is 13.3.